The molecule has 0 saturated heterocycles. The zero-order valence-electron chi connectivity index (χ0n) is 18.9. The van der Waals surface area contributed by atoms with Crippen molar-refractivity contribution in [3.8, 4) is 0 Å². The molecule has 164 valence electrons. The van der Waals surface area contributed by atoms with Gasteiger partial charge in [0.2, 0.25) is 0 Å². The third kappa shape index (κ3) is 2.32. The zero-order valence-corrected chi connectivity index (χ0v) is 18.9. The van der Waals surface area contributed by atoms with Gasteiger partial charge in [0.15, 0.2) is 0 Å². The summed E-state index contributed by atoms with van der Waals surface area (Å²) in [7, 11) is 4.04. The van der Waals surface area contributed by atoms with E-state index in [-0.39, 0.29) is 11.5 Å². The molecule has 4 nitrogen and oxygen atoms in total. The van der Waals surface area contributed by atoms with Crippen LogP contribution < -0.4 is 20.2 Å². The van der Waals surface area contributed by atoms with Crippen LogP contribution in [-0.4, -0.2) is 24.3 Å². The van der Waals surface area contributed by atoms with Gasteiger partial charge >= 0.3 is 0 Å². The number of aliphatic hydroxyl groups is 2. The Labute approximate surface area is 196 Å². The van der Waals surface area contributed by atoms with Gasteiger partial charge in [0.25, 0.3) is 0 Å². The minimum Gasteiger partial charge on any atom is -0.507 e. The third-order valence-electron chi connectivity index (χ3n) is 7.33. The van der Waals surface area contributed by atoms with E-state index in [4.69, 9.17) is 0 Å². The fourth-order valence-electron chi connectivity index (χ4n) is 5.66. The molecule has 0 unspecified atom stereocenters. The average molecular weight is 443 g/mol. The summed E-state index contributed by atoms with van der Waals surface area (Å²) < 4.78 is 0. The first-order valence-corrected chi connectivity index (χ1v) is 11.4. The van der Waals surface area contributed by atoms with Crippen LogP contribution in [0.3, 0.4) is 0 Å². The van der Waals surface area contributed by atoms with Crippen molar-refractivity contribution in [2.24, 2.45) is 0 Å². The van der Waals surface area contributed by atoms with E-state index < -0.39 is 0 Å². The second-order valence-corrected chi connectivity index (χ2v) is 9.07. The molecular weight excluding hydrogens is 420 g/mol. The minimum atomic E-state index is 0.258. The molecule has 5 aromatic carbocycles. The van der Waals surface area contributed by atoms with Gasteiger partial charge in [0, 0.05) is 46.4 Å². The van der Waals surface area contributed by atoms with Crippen molar-refractivity contribution < 1.29 is 10.2 Å². The fourth-order valence-corrected chi connectivity index (χ4v) is 5.66. The zero-order chi connectivity index (χ0) is 23.1. The number of hydrogen-bond acceptors (Lipinski definition) is 4. The van der Waals surface area contributed by atoms with Crippen LogP contribution in [0.4, 0.5) is 22.7 Å². The molecule has 7 rings (SSSR count). The lowest BCUT2D eigenvalue weighted by molar-refractivity contribution is 0.504. The summed E-state index contributed by atoms with van der Waals surface area (Å²) in [6.45, 7) is 0. The molecule has 34 heavy (non-hydrogen) atoms. The number of anilines is 4. The summed E-state index contributed by atoms with van der Waals surface area (Å²) in [5.74, 6) is 0.515. The van der Waals surface area contributed by atoms with Crippen molar-refractivity contribution >= 4 is 55.8 Å². The van der Waals surface area contributed by atoms with Crippen LogP contribution in [0.2, 0.25) is 0 Å². The largest absolute Gasteiger partial charge is 0.507 e. The van der Waals surface area contributed by atoms with Crippen LogP contribution in [0, 0.1) is 0 Å². The maximum atomic E-state index is 11.4. The predicted octanol–water partition coefficient (Wildman–Crippen LogP) is 5.58. The lowest BCUT2D eigenvalue weighted by Crippen LogP contribution is -2.34. The van der Waals surface area contributed by atoms with Crippen molar-refractivity contribution in [3.63, 3.8) is 0 Å². The molecule has 0 fully saturated rings. The van der Waals surface area contributed by atoms with E-state index in [1.807, 2.05) is 62.6 Å². The highest BCUT2D eigenvalue weighted by molar-refractivity contribution is 6.05. The SMILES string of the molecule is CN1c2cc3c(cc2=C(O)c2ccc4ccccc4c21)N(C)c1c(ccc2ccccc12)C=3O. The van der Waals surface area contributed by atoms with Crippen LogP contribution in [0.1, 0.15) is 11.1 Å². The van der Waals surface area contributed by atoms with E-state index in [0.717, 1.165) is 65.9 Å². The van der Waals surface area contributed by atoms with Gasteiger partial charge in [0.05, 0.1) is 22.7 Å². The Morgan fingerprint density at radius 1 is 0.529 bits per heavy atom. The van der Waals surface area contributed by atoms with Gasteiger partial charge in [-0.3, -0.25) is 0 Å². The molecule has 2 aliphatic rings. The van der Waals surface area contributed by atoms with Crippen molar-refractivity contribution in [2.75, 3.05) is 23.9 Å². The molecule has 0 spiro atoms. The van der Waals surface area contributed by atoms with Crippen LogP contribution in [0.25, 0.3) is 33.1 Å². The Morgan fingerprint density at radius 3 is 1.38 bits per heavy atom. The Balaban J connectivity index is 1.58. The lowest BCUT2D eigenvalue weighted by atomic mass is 9.93. The van der Waals surface area contributed by atoms with Gasteiger partial charge in [-0.1, -0.05) is 60.7 Å². The molecule has 4 heteroatoms. The molecule has 0 saturated carbocycles. The molecule has 2 heterocycles. The number of rotatable bonds is 0. The molecule has 2 N–H and O–H groups in total. The molecular formula is C30H22N2O2. The maximum Gasteiger partial charge on any atom is 0.134 e. The Bertz CT molecular complexity index is 1690. The summed E-state index contributed by atoms with van der Waals surface area (Å²) in [6.07, 6.45) is 0. The van der Waals surface area contributed by atoms with Crippen LogP contribution >= 0.6 is 0 Å². The van der Waals surface area contributed by atoms with Crippen LogP contribution in [-0.2, 0) is 0 Å². The Kier molecular flexibility index (Phi) is 3.67. The Morgan fingerprint density at radius 2 is 0.941 bits per heavy atom. The summed E-state index contributed by atoms with van der Waals surface area (Å²) in [4.78, 5) is 4.24. The first-order valence-electron chi connectivity index (χ1n) is 11.4. The minimum absolute atomic E-state index is 0.258. The molecule has 0 radical (unpaired) electrons. The van der Waals surface area contributed by atoms with E-state index in [1.165, 1.54) is 0 Å². The maximum absolute atomic E-state index is 11.4. The molecule has 0 aliphatic carbocycles. The Hall–Kier alpha value is -4.44. The molecule has 0 aromatic heterocycles. The number of fused-ring (bicyclic) bond motifs is 8. The second kappa shape index (κ2) is 6.55. The fraction of sp³-hybridized carbons (Fsp3) is 0.0667. The first kappa shape index (κ1) is 19.1. The van der Waals surface area contributed by atoms with Crippen molar-refractivity contribution in [1.29, 1.82) is 0 Å². The molecule has 0 amide bonds. The van der Waals surface area contributed by atoms with Gasteiger partial charge in [-0.15, -0.1) is 0 Å². The number of nitrogens with zero attached hydrogens (tertiary/aromatic N) is 2. The van der Waals surface area contributed by atoms with Gasteiger partial charge in [-0.2, -0.15) is 0 Å². The van der Waals surface area contributed by atoms with Gasteiger partial charge in [-0.25, -0.2) is 0 Å². The third-order valence-corrected chi connectivity index (χ3v) is 7.33. The molecule has 0 atom stereocenters. The summed E-state index contributed by atoms with van der Waals surface area (Å²) in [6, 6.07) is 28.5. The van der Waals surface area contributed by atoms with E-state index >= 15 is 0 Å². The summed E-state index contributed by atoms with van der Waals surface area (Å²) >= 11 is 0. The summed E-state index contributed by atoms with van der Waals surface area (Å²) in [5, 5.41) is 28.8. The second-order valence-electron chi connectivity index (χ2n) is 9.07. The van der Waals surface area contributed by atoms with E-state index in [9.17, 15) is 10.2 Å². The van der Waals surface area contributed by atoms with Crippen LogP contribution in [0.15, 0.2) is 84.9 Å². The van der Waals surface area contributed by atoms with Gasteiger partial charge in [-0.05, 0) is 35.0 Å². The van der Waals surface area contributed by atoms with Crippen molar-refractivity contribution in [1.82, 2.24) is 0 Å². The van der Waals surface area contributed by atoms with E-state index in [0.29, 0.717) is 0 Å². The lowest BCUT2D eigenvalue weighted by Gasteiger charge is -2.33. The topological polar surface area (TPSA) is 46.9 Å². The van der Waals surface area contributed by atoms with Crippen LogP contribution in [0.5, 0.6) is 0 Å². The smallest absolute Gasteiger partial charge is 0.134 e. The van der Waals surface area contributed by atoms with E-state index in [1.54, 1.807) is 0 Å². The average Bonchev–Trinajstić information content (AvgIpc) is 2.88. The van der Waals surface area contributed by atoms with E-state index in [2.05, 4.69) is 46.2 Å². The quantitative estimate of drug-likeness (QED) is 0.328. The first-order chi connectivity index (χ1) is 16.5. The highest BCUT2D eigenvalue weighted by Gasteiger charge is 2.28. The summed E-state index contributed by atoms with van der Waals surface area (Å²) in [5.41, 5.74) is 5.29. The van der Waals surface area contributed by atoms with Crippen molar-refractivity contribution in [3.05, 3.63) is 106 Å². The highest BCUT2D eigenvalue weighted by Crippen LogP contribution is 2.41. The normalized spacial score (nSPS) is 14.2. The van der Waals surface area contributed by atoms with Crippen molar-refractivity contribution in [2.45, 2.75) is 0 Å². The number of aliphatic hydroxyl groups excluding tert-OH is 2. The molecule has 0 bridgehead atoms. The number of hydrogen-bond donors (Lipinski definition) is 2. The monoisotopic (exact) mass is 442 g/mol. The standard InChI is InChI=1S/C30H22N2O2/c1-31-25-15-24-26(32(2)28-20-10-6-4-8-18(20)12-14-22(28)30(24)34)16-23(25)29(33)21-13-11-17-7-3-5-9-19(17)27(21)31/h3-16,33-34H,1-2H3. The van der Waals surface area contributed by atoms with Gasteiger partial charge < -0.3 is 20.0 Å². The molecule has 5 aromatic rings. The predicted molar refractivity (Wildman–Crippen MR) is 140 cm³/mol. The highest BCUT2D eigenvalue weighted by atomic mass is 16.3. The molecule has 2 aliphatic heterocycles. The number of benzene rings is 5. The van der Waals surface area contributed by atoms with Gasteiger partial charge in [0.1, 0.15) is 11.5 Å².